The average Bonchev–Trinajstić information content (AvgIpc) is 2.20. The lowest BCUT2D eigenvalue weighted by Gasteiger charge is -2.21. The van der Waals surface area contributed by atoms with E-state index in [9.17, 15) is 9.50 Å². The molecule has 0 fully saturated rings. The molecule has 1 aromatic carbocycles. The van der Waals surface area contributed by atoms with E-state index < -0.39 is 18.0 Å². The molecule has 2 atom stereocenters. The Morgan fingerprint density at radius 2 is 2.06 bits per heavy atom. The molecule has 0 amide bonds. The summed E-state index contributed by atoms with van der Waals surface area (Å²) in [4.78, 5) is 0. The molecule has 1 aromatic rings. The van der Waals surface area contributed by atoms with Crippen molar-refractivity contribution in [3.8, 4) is 0 Å². The van der Waals surface area contributed by atoms with Crippen LogP contribution in [0.3, 0.4) is 0 Å². The Balaban J connectivity index is 2.87. The minimum absolute atomic E-state index is 0.0321. The fraction of sp³-hybridized carbons (Fsp3) is 0.500. The van der Waals surface area contributed by atoms with Gasteiger partial charge in [0.1, 0.15) is 5.82 Å². The van der Waals surface area contributed by atoms with Gasteiger partial charge in [0.25, 0.3) is 0 Å². The number of rotatable bonds is 4. The van der Waals surface area contributed by atoms with Crippen LogP contribution in [0.15, 0.2) is 18.2 Å². The largest absolute Gasteiger partial charge is 0.391 e. The summed E-state index contributed by atoms with van der Waals surface area (Å²) >= 11 is 5.66. The van der Waals surface area contributed by atoms with E-state index in [0.717, 1.165) is 0 Å². The summed E-state index contributed by atoms with van der Waals surface area (Å²) in [5, 5.41) is 9.85. The monoisotopic (exact) mass is 245 g/mol. The molecule has 3 N–H and O–H groups in total. The van der Waals surface area contributed by atoms with Gasteiger partial charge in [0.05, 0.1) is 17.2 Å². The topological polar surface area (TPSA) is 46.2 Å². The molecule has 0 spiro atoms. The van der Waals surface area contributed by atoms with Crippen molar-refractivity contribution in [3.63, 3.8) is 0 Å². The SMILES string of the molecule is CC(C)C[C@H](O)[C@H](N)c1cccc(Cl)c1F. The maximum Gasteiger partial charge on any atom is 0.146 e. The van der Waals surface area contributed by atoms with E-state index in [0.29, 0.717) is 12.3 Å². The third-order valence-corrected chi connectivity index (χ3v) is 2.76. The van der Waals surface area contributed by atoms with Gasteiger partial charge in [-0.25, -0.2) is 4.39 Å². The molecule has 0 aliphatic heterocycles. The lowest BCUT2D eigenvalue weighted by Crippen LogP contribution is -2.28. The summed E-state index contributed by atoms with van der Waals surface area (Å²) in [5.41, 5.74) is 6.07. The highest BCUT2D eigenvalue weighted by Gasteiger charge is 2.21. The first-order valence-electron chi connectivity index (χ1n) is 5.31. The average molecular weight is 246 g/mol. The normalized spacial score (nSPS) is 15.2. The Labute approximate surface area is 100 Å². The first kappa shape index (κ1) is 13.4. The molecular formula is C12H17ClFNO. The molecule has 0 aromatic heterocycles. The molecule has 0 saturated heterocycles. The maximum absolute atomic E-state index is 13.6. The fourth-order valence-electron chi connectivity index (χ4n) is 1.61. The Morgan fingerprint density at radius 1 is 1.44 bits per heavy atom. The molecule has 0 aliphatic rings. The minimum Gasteiger partial charge on any atom is -0.391 e. The van der Waals surface area contributed by atoms with E-state index in [-0.39, 0.29) is 10.6 Å². The van der Waals surface area contributed by atoms with Crippen molar-refractivity contribution in [1.82, 2.24) is 0 Å². The highest BCUT2D eigenvalue weighted by molar-refractivity contribution is 6.30. The van der Waals surface area contributed by atoms with E-state index in [2.05, 4.69) is 0 Å². The highest BCUT2D eigenvalue weighted by atomic mass is 35.5. The van der Waals surface area contributed by atoms with Gasteiger partial charge in [-0.2, -0.15) is 0 Å². The fourth-order valence-corrected chi connectivity index (χ4v) is 1.80. The van der Waals surface area contributed by atoms with E-state index in [4.69, 9.17) is 17.3 Å². The van der Waals surface area contributed by atoms with Crippen molar-refractivity contribution in [2.24, 2.45) is 11.7 Å². The molecule has 0 unspecified atom stereocenters. The summed E-state index contributed by atoms with van der Waals surface area (Å²) in [5.74, 6) is -0.234. The van der Waals surface area contributed by atoms with Crippen LogP contribution < -0.4 is 5.73 Å². The molecule has 0 radical (unpaired) electrons. The first-order chi connectivity index (χ1) is 7.43. The molecule has 2 nitrogen and oxygen atoms in total. The molecule has 1 rings (SSSR count). The van der Waals surface area contributed by atoms with Crippen LogP contribution in [0.4, 0.5) is 4.39 Å². The number of hydrogen-bond donors (Lipinski definition) is 2. The van der Waals surface area contributed by atoms with Crippen molar-refractivity contribution in [2.45, 2.75) is 32.4 Å². The summed E-state index contributed by atoms with van der Waals surface area (Å²) in [6.45, 7) is 3.95. The third-order valence-electron chi connectivity index (χ3n) is 2.47. The van der Waals surface area contributed by atoms with Crippen LogP contribution in [-0.2, 0) is 0 Å². The lowest BCUT2D eigenvalue weighted by molar-refractivity contribution is 0.119. The standard InChI is InChI=1S/C12H17ClFNO/c1-7(2)6-10(16)12(15)8-4-3-5-9(13)11(8)14/h3-5,7,10,12,16H,6,15H2,1-2H3/t10-,12+/m0/s1. The quantitative estimate of drug-likeness (QED) is 0.857. The lowest BCUT2D eigenvalue weighted by atomic mass is 9.95. The Kier molecular flexibility index (Phi) is 4.71. The molecule has 0 heterocycles. The first-order valence-corrected chi connectivity index (χ1v) is 5.68. The predicted molar refractivity (Wildman–Crippen MR) is 63.8 cm³/mol. The summed E-state index contributed by atoms with van der Waals surface area (Å²) in [6.07, 6.45) is -0.222. The Bertz CT molecular complexity index is 357. The number of benzene rings is 1. The van der Waals surface area contributed by atoms with Gasteiger partial charge in [0, 0.05) is 5.56 Å². The zero-order chi connectivity index (χ0) is 12.3. The number of halogens is 2. The van der Waals surface area contributed by atoms with Crippen LogP contribution in [0, 0.1) is 11.7 Å². The van der Waals surface area contributed by atoms with Gasteiger partial charge in [-0.05, 0) is 18.4 Å². The number of aliphatic hydroxyl groups excluding tert-OH is 1. The van der Waals surface area contributed by atoms with Crippen LogP contribution in [0.25, 0.3) is 0 Å². The number of nitrogens with two attached hydrogens (primary N) is 1. The Hall–Kier alpha value is -0.640. The van der Waals surface area contributed by atoms with E-state index in [1.165, 1.54) is 6.07 Å². The van der Waals surface area contributed by atoms with Gasteiger partial charge in [-0.3, -0.25) is 0 Å². The zero-order valence-corrected chi connectivity index (χ0v) is 10.2. The molecule has 4 heteroatoms. The van der Waals surface area contributed by atoms with Gasteiger partial charge in [-0.1, -0.05) is 37.6 Å². The molecule has 0 aliphatic carbocycles. The summed E-state index contributed by atoms with van der Waals surface area (Å²) in [6, 6.07) is 3.90. The maximum atomic E-state index is 13.6. The second kappa shape index (κ2) is 5.62. The predicted octanol–water partition coefficient (Wildman–Crippen LogP) is 2.89. The molecule has 16 heavy (non-hydrogen) atoms. The molecule has 0 saturated carbocycles. The van der Waals surface area contributed by atoms with Crippen LogP contribution >= 0.6 is 11.6 Å². The second-order valence-electron chi connectivity index (χ2n) is 4.37. The van der Waals surface area contributed by atoms with Crippen molar-refractivity contribution in [2.75, 3.05) is 0 Å². The van der Waals surface area contributed by atoms with Crippen molar-refractivity contribution in [3.05, 3.63) is 34.6 Å². The van der Waals surface area contributed by atoms with E-state index >= 15 is 0 Å². The summed E-state index contributed by atoms with van der Waals surface area (Å²) < 4.78 is 13.6. The van der Waals surface area contributed by atoms with Crippen LogP contribution in [0.5, 0.6) is 0 Å². The smallest absolute Gasteiger partial charge is 0.146 e. The van der Waals surface area contributed by atoms with Crippen LogP contribution in [-0.4, -0.2) is 11.2 Å². The van der Waals surface area contributed by atoms with Gasteiger partial charge >= 0.3 is 0 Å². The van der Waals surface area contributed by atoms with Crippen molar-refractivity contribution in [1.29, 1.82) is 0 Å². The van der Waals surface area contributed by atoms with Crippen LogP contribution in [0.2, 0.25) is 5.02 Å². The van der Waals surface area contributed by atoms with Crippen molar-refractivity contribution < 1.29 is 9.50 Å². The second-order valence-corrected chi connectivity index (χ2v) is 4.77. The molecule has 0 bridgehead atoms. The van der Waals surface area contributed by atoms with Gasteiger partial charge in [-0.15, -0.1) is 0 Å². The van der Waals surface area contributed by atoms with Crippen molar-refractivity contribution >= 4 is 11.6 Å². The highest BCUT2D eigenvalue weighted by Crippen LogP contribution is 2.25. The van der Waals surface area contributed by atoms with E-state index in [1.54, 1.807) is 12.1 Å². The van der Waals surface area contributed by atoms with Gasteiger partial charge < -0.3 is 10.8 Å². The third kappa shape index (κ3) is 3.17. The van der Waals surface area contributed by atoms with Crippen LogP contribution in [0.1, 0.15) is 31.9 Å². The minimum atomic E-state index is -0.757. The van der Waals surface area contributed by atoms with Gasteiger partial charge in [0.15, 0.2) is 0 Å². The number of aliphatic hydroxyl groups is 1. The Morgan fingerprint density at radius 3 is 2.62 bits per heavy atom. The molecular weight excluding hydrogens is 229 g/mol. The summed E-state index contributed by atoms with van der Waals surface area (Å²) in [7, 11) is 0. The van der Waals surface area contributed by atoms with Gasteiger partial charge in [0.2, 0.25) is 0 Å². The number of hydrogen-bond acceptors (Lipinski definition) is 2. The molecule has 90 valence electrons. The van der Waals surface area contributed by atoms with E-state index in [1.807, 2.05) is 13.8 Å². The zero-order valence-electron chi connectivity index (χ0n) is 9.45.